The zero-order chi connectivity index (χ0) is 12.8. The summed E-state index contributed by atoms with van der Waals surface area (Å²) in [5, 5.41) is 23.1. The summed E-state index contributed by atoms with van der Waals surface area (Å²) in [4.78, 5) is 22.0. The third-order valence-corrected chi connectivity index (χ3v) is 1.92. The first-order valence-corrected chi connectivity index (χ1v) is 4.77. The van der Waals surface area contributed by atoms with Gasteiger partial charge in [-0.15, -0.1) is 6.58 Å². The molecule has 0 aliphatic heterocycles. The first-order valence-electron chi connectivity index (χ1n) is 4.77. The van der Waals surface area contributed by atoms with Crippen molar-refractivity contribution in [2.75, 3.05) is 11.9 Å². The van der Waals surface area contributed by atoms with E-state index < -0.39 is 17.7 Å². The van der Waals surface area contributed by atoms with Crippen LogP contribution >= 0.6 is 0 Å². The third-order valence-electron chi connectivity index (χ3n) is 1.92. The van der Waals surface area contributed by atoms with E-state index in [0.29, 0.717) is 0 Å². The lowest BCUT2D eigenvalue weighted by Crippen LogP contribution is -2.28. The molecule has 0 aliphatic carbocycles. The van der Waals surface area contributed by atoms with Gasteiger partial charge in [-0.05, 0) is 12.1 Å². The molecule has 0 radical (unpaired) electrons. The first-order chi connectivity index (χ1) is 8.06. The van der Waals surface area contributed by atoms with Crippen molar-refractivity contribution in [3.05, 3.63) is 36.4 Å². The van der Waals surface area contributed by atoms with E-state index in [9.17, 15) is 14.7 Å². The van der Waals surface area contributed by atoms with Gasteiger partial charge in [0.1, 0.15) is 5.56 Å². The Hall–Kier alpha value is -2.50. The maximum absolute atomic E-state index is 11.3. The van der Waals surface area contributed by atoms with E-state index in [2.05, 4.69) is 17.2 Å². The molecule has 17 heavy (non-hydrogen) atoms. The van der Waals surface area contributed by atoms with E-state index in [1.165, 1.54) is 24.3 Å². The van der Waals surface area contributed by atoms with Gasteiger partial charge in [-0.3, -0.25) is 0 Å². The summed E-state index contributed by atoms with van der Waals surface area (Å²) in [6, 6.07) is 3.51. The van der Waals surface area contributed by atoms with E-state index in [1.54, 1.807) is 0 Å². The van der Waals surface area contributed by atoms with Crippen LogP contribution in [0, 0.1) is 0 Å². The Kier molecular flexibility index (Phi) is 4.10. The quantitative estimate of drug-likeness (QED) is 0.469. The molecule has 6 heteroatoms. The second kappa shape index (κ2) is 5.55. The Bertz CT molecular complexity index is 457. The fourth-order valence-electron chi connectivity index (χ4n) is 1.15. The van der Waals surface area contributed by atoms with Crippen LogP contribution in [0.2, 0.25) is 0 Å². The molecule has 0 heterocycles. The number of carboxylic acid groups (broad SMARTS) is 1. The van der Waals surface area contributed by atoms with Gasteiger partial charge >= 0.3 is 12.0 Å². The molecule has 4 N–H and O–H groups in total. The van der Waals surface area contributed by atoms with Gasteiger partial charge in [0.2, 0.25) is 0 Å². The molecule has 0 saturated carbocycles. The highest BCUT2D eigenvalue weighted by molar-refractivity contribution is 5.97. The lowest BCUT2D eigenvalue weighted by molar-refractivity contribution is 0.0694. The molecular weight excluding hydrogens is 224 g/mol. The van der Waals surface area contributed by atoms with Crippen LogP contribution in [0.25, 0.3) is 0 Å². The van der Waals surface area contributed by atoms with E-state index in [-0.39, 0.29) is 17.8 Å². The van der Waals surface area contributed by atoms with Crippen LogP contribution < -0.4 is 10.6 Å². The van der Waals surface area contributed by atoms with Crippen molar-refractivity contribution in [1.82, 2.24) is 5.32 Å². The second-order valence-corrected chi connectivity index (χ2v) is 3.13. The van der Waals surface area contributed by atoms with E-state index in [1.807, 2.05) is 0 Å². The monoisotopic (exact) mass is 236 g/mol. The number of amides is 2. The number of rotatable bonds is 4. The van der Waals surface area contributed by atoms with Gasteiger partial charge in [0.25, 0.3) is 0 Å². The molecule has 90 valence electrons. The number of phenols is 1. The number of benzene rings is 1. The number of aromatic hydroxyl groups is 1. The molecule has 2 amide bonds. The van der Waals surface area contributed by atoms with Crippen LogP contribution in [-0.2, 0) is 0 Å². The summed E-state index contributed by atoms with van der Waals surface area (Å²) in [5.41, 5.74) is -0.238. The van der Waals surface area contributed by atoms with Crippen molar-refractivity contribution in [2.24, 2.45) is 0 Å². The molecule has 1 aromatic rings. The Labute approximate surface area is 97.6 Å². The van der Waals surface area contributed by atoms with Gasteiger partial charge in [0.05, 0.1) is 5.69 Å². The molecule has 0 atom stereocenters. The Morgan fingerprint density at radius 3 is 2.71 bits per heavy atom. The summed E-state index contributed by atoms with van der Waals surface area (Å²) in [7, 11) is 0. The average molecular weight is 236 g/mol. The lowest BCUT2D eigenvalue weighted by atomic mass is 10.2. The number of carboxylic acids is 1. The highest BCUT2D eigenvalue weighted by Crippen LogP contribution is 2.27. The number of aromatic carboxylic acids is 1. The van der Waals surface area contributed by atoms with Crippen molar-refractivity contribution in [3.8, 4) is 5.75 Å². The largest absolute Gasteiger partial charge is 0.505 e. The lowest BCUT2D eigenvalue weighted by Gasteiger charge is -2.09. The van der Waals surface area contributed by atoms with Crippen molar-refractivity contribution < 1.29 is 19.8 Å². The van der Waals surface area contributed by atoms with E-state index >= 15 is 0 Å². The predicted octanol–water partition coefficient (Wildman–Crippen LogP) is 1.40. The number of hydrogen-bond donors (Lipinski definition) is 4. The number of urea groups is 1. The predicted molar refractivity (Wildman–Crippen MR) is 62.3 cm³/mol. The number of carbonyl (C=O) groups excluding carboxylic acids is 1. The molecule has 0 aliphatic rings. The molecule has 0 saturated heterocycles. The molecule has 0 fully saturated rings. The molecule has 6 nitrogen and oxygen atoms in total. The number of hydrogen-bond acceptors (Lipinski definition) is 3. The first kappa shape index (κ1) is 12.6. The molecule has 0 bridgehead atoms. The van der Waals surface area contributed by atoms with Gasteiger partial charge in [-0.1, -0.05) is 12.1 Å². The standard InChI is InChI=1S/C11H12N2O4/c1-2-6-12-11(17)13-8-5-3-4-7(9(8)14)10(15)16/h2-5,14H,1,6H2,(H,15,16)(H2,12,13,17). The average Bonchev–Trinajstić information content (AvgIpc) is 2.28. The molecule has 0 aromatic heterocycles. The highest BCUT2D eigenvalue weighted by atomic mass is 16.4. The van der Waals surface area contributed by atoms with Crippen molar-refractivity contribution in [2.45, 2.75) is 0 Å². The maximum Gasteiger partial charge on any atom is 0.339 e. The van der Waals surface area contributed by atoms with Crippen LogP contribution in [0.15, 0.2) is 30.9 Å². The van der Waals surface area contributed by atoms with Crippen LogP contribution in [-0.4, -0.2) is 28.8 Å². The summed E-state index contributed by atoms with van der Waals surface area (Å²) in [5.74, 6) is -1.74. The fraction of sp³-hybridized carbons (Fsp3) is 0.0909. The second-order valence-electron chi connectivity index (χ2n) is 3.13. The smallest absolute Gasteiger partial charge is 0.339 e. The van der Waals surface area contributed by atoms with Crippen LogP contribution in [0.4, 0.5) is 10.5 Å². The molecule has 0 unspecified atom stereocenters. The van der Waals surface area contributed by atoms with E-state index in [0.717, 1.165) is 0 Å². The van der Waals surface area contributed by atoms with Gasteiger partial charge in [-0.2, -0.15) is 0 Å². The zero-order valence-corrected chi connectivity index (χ0v) is 8.93. The van der Waals surface area contributed by atoms with Gasteiger partial charge < -0.3 is 20.8 Å². The Morgan fingerprint density at radius 1 is 1.41 bits per heavy atom. The van der Waals surface area contributed by atoms with Gasteiger partial charge in [0.15, 0.2) is 5.75 Å². The molecule has 0 spiro atoms. The molecular formula is C11H12N2O4. The summed E-state index contributed by atoms with van der Waals surface area (Å²) < 4.78 is 0. The van der Waals surface area contributed by atoms with Crippen molar-refractivity contribution in [1.29, 1.82) is 0 Å². The SMILES string of the molecule is C=CCNC(=O)Nc1cccc(C(=O)O)c1O. The minimum Gasteiger partial charge on any atom is -0.505 e. The number of carbonyl (C=O) groups is 2. The number of para-hydroxylation sites is 1. The number of nitrogens with one attached hydrogen (secondary N) is 2. The van der Waals surface area contributed by atoms with Crippen LogP contribution in [0.1, 0.15) is 10.4 Å². The minimum atomic E-state index is -1.27. The summed E-state index contributed by atoms with van der Waals surface area (Å²) >= 11 is 0. The van der Waals surface area contributed by atoms with Crippen LogP contribution in [0.5, 0.6) is 5.75 Å². The van der Waals surface area contributed by atoms with Crippen molar-refractivity contribution in [3.63, 3.8) is 0 Å². The topological polar surface area (TPSA) is 98.7 Å². The van der Waals surface area contributed by atoms with E-state index in [4.69, 9.17) is 5.11 Å². The fourth-order valence-corrected chi connectivity index (χ4v) is 1.15. The van der Waals surface area contributed by atoms with Gasteiger partial charge in [0, 0.05) is 6.54 Å². The summed E-state index contributed by atoms with van der Waals surface area (Å²) in [6.45, 7) is 3.69. The van der Waals surface area contributed by atoms with Crippen LogP contribution in [0.3, 0.4) is 0 Å². The number of anilines is 1. The highest BCUT2D eigenvalue weighted by Gasteiger charge is 2.13. The third kappa shape index (κ3) is 3.23. The Morgan fingerprint density at radius 2 is 2.12 bits per heavy atom. The summed E-state index contributed by atoms with van der Waals surface area (Å²) in [6.07, 6.45) is 1.49. The van der Waals surface area contributed by atoms with Crippen molar-refractivity contribution >= 4 is 17.7 Å². The normalized spacial score (nSPS) is 9.41. The molecule has 1 rings (SSSR count). The van der Waals surface area contributed by atoms with Gasteiger partial charge in [-0.25, -0.2) is 9.59 Å². The zero-order valence-electron chi connectivity index (χ0n) is 8.93. The Balaban J connectivity index is 2.85. The maximum atomic E-state index is 11.3. The molecule has 1 aromatic carbocycles. The minimum absolute atomic E-state index is 0.0338.